The van der Waals surface area contributed by atoms with Crippen molar-refractivity contribution >= 4 is 12.4 Å². The third-order valence-corrected chi connectivity index (χ3v) is 5.21. The molecule has 154 valence electrons. The summed E-state index contributed by atoms with van der Waals surface area (Å²) in [6.07, 6.45) is 3.19. The topological polar surface area (TPSA) is 81.4 Å². The lowest BCUT2D eigenvalue weighted by molar-refractivity contribution is -0.0282. The Morgan fingerprint density at radius 2 is 2.25 bits per heavy atom. The van der Waals surface area contributed by atoms with E-state index in [0.29, 0.717) is 24.2 Å². The Bertz CT molecular complexity index is 775. The molecule has 28 heavy (non-hydrogen) atoms. The van der Waals surface area contributed by atoms with Crippen LogP contribution >= 0.6 is 12.4 Å². The molecular weight excluding hydrogens is 387 g/mol. The second-order valence-electron chi connectivity index (χ2n) is 7.06. The van der Waals surface area contributed by atoms with Crippen LogP contribution < -0.4 is 10.1 Å². The molecule has 0 bridgehead atoms. The fraction of sp³-hybridized carbons (Fsp3) is 0.579. The number of halogens is 2. The molecule has 0 amide bonds. The Labute approximate surface area is 169 Å². The number of aromatic nitrogens is 3. The number of ether oxygens (including phenoxy) is 2. The Balaban J connectivity index is 0.00000225. The minimum Gasteiger partial charge on any atom is -0.485 e. The van der Waals surface area contributed by atoms with E-state index in [0.717, 1.165) is 38.2 Å². The number of hydrogen-bond acceptors (Lipinski definition) is 6. The summed E-state index contributed by atoms with van der Waals surface area (Å²) in [4.78, 5) is 4.68. The van der Waals surface area contributed by atoms with Crippen LogP contribution in [0.5, 0.6) is 5.75 Å². The zero-order chi connectivity index (χ0) is 18.6. The van der Waals surface area contributed by atoms with Crippen LogP contribution in [0, 0.1) is 5.82 Å². The smallest absolute Gasteiger partial charge is 0.188 e. The molecule has 7 nitrogen and oxygen atoms in total. The summed E-state index contributed by atoms with van der Waals surface area (Å²) >= 11 is 0. The summed E-state index contributed by atoms with van der Waals surface area (Å²) in [5, 5.41) is 17.4. The van der Waals surface area contributed by atoms with Crippen molar-refractivity contribution in [3.05, 3.63) is 41.7 Å². The highest BCUT2D eigenvalue weighted by Crippen LogP contribution is 2.34. The zero-order valence-corrected chi connectivity index (χ0v) is 16.4. The molecule has 2 heterocycles. The van der Waals surface area contributed by atoms with E-state index in [1.165, 1.54) is 12.1 Å². The first-order chi connectivity index (χ1) is 13.2. The van der Waals surface area contributed by atoms with Gasteiger partial charge in [-0.05, 0) is 31.4 Å². The van der Waals surface area contributed by atoms with Gasteiger partial charge in [-0.15, -0.1) is 12.4 Å². The minimum atomic E-state index is -0.342. The van der Waals surface area contributed by atoms with Crippen molar-refractivity contribution in [2.75, 3.05) is 19.8 Å². The first kappa shape index (κ1) is 21.0. The van der Waals surface area contributed by atoms with E-state index >= 15 is 0 Å². The predicted octanol–water partition coefficient (Wildman–Crippen LogP) is 2.03. The number of aliphatic hydroxyl groups is 1. The van der Waals surface area contributed by atoms with Crippen LogP contribution in [0.15, 0.2) is 24.3 Å². The van der Waals surface area contributed by atoms with Crippen molar-refractivity contribution in [1.82, 2.24) is 20.1 Å². The van der Waals surface area contributed by atoms with Crippen molar-refractivity contribution in [3.63, 3.8) is 0 Å². The molecule has 1 aromatic heterocycles. The molecule has 1 saturated carbocycles. The number of morpholine rings is 1. The fourth-order valence-electron chi connectivity index (χ4n) is 3.98. The van der Waals surface area contributed by atoms with Crippen LogP contribution in [-0.4, -0.2) is 51.8 Å². The molecule has 2 fully saturated rings. The number of nitrogens with one attached hydrogen (secondary N) is 1. The van der Waals surface area contributed by atoms with Crippen LogP contribution in [0.4, 0.5) is 4.39 Å². The number of aliphatic hydroxyl groups excluding tert-OH is 1. The summed E-state index contributed by atoms with van der Waals surface area (Å²) in [6.45, 7) is 2.21. The van der Waals surface area contributed by atoms with E-state index < -0.39 is 0 Å². The molecule has 2 aromatic rings. The molecule has 0 unspecified atom stereocenters. The maximum Gasteiger partial charge on any atom is 0.188 e. The van der Waals surface area contributed by atoms with Crippen molar-refractivity contribution in [1.29, 1.82) is 0 Å². The Kier molecular flexibility index (Phi) is 7.23. The maximum atomic E-state index is 13.3. The van der Waals surface area contributed by atoms with E-state index in [4.69, 9.17) is 9.47 Å². The van der Waals surface area contributed by atoms with Gasteiger partial charge in [-0.3, -0.25) is 0 Å². The summed E-state index contributed by atoms with van der Waals surface area (Å²) < 4.78 is 26.5. The van der Waals surface area contributed by atoms with Gasteiger partial charge < -0.3 is 19.9 Å². The Morgan fingerprint density at radius 1 is 1.36 bits per heavy atom. The van der Waals surface area contributed by atoms with E-state index in [9.17, 15) is 9.50 Å². The molecule has 3 atom stereocenters. The lowest BCUT2D eigenvalue weighted by atomic mass is 9.82. The lowest BCUT2D eigenvalue weighted by Gasteiger charge is -2.39. The van der Waals surface area contributed by atoms with Gasteiger partial charge in [0.15, 0.2) is 5.82 Å². The summed E-state index contributed by atoms with van der Waals surface area (Å²) in [5.74, 6) is 1.79. The highest BCUT2D eigenvalue weighted by Gasteiger charge is 2.35. The zero-order valence-electron chi connectivity index (χ0n) is 15.6. The molecule has 0 spiro atoms. The maximum absolute atomic E-state index is 13.3. The lowest BCUT2D eigenvalue weighted by Crippen LogP contribution is -2.51. The van der Waals surface area contributed by atoms with Gasteiger partial charge in [0.25, 0.3) is 0 Å². The number of rotatable bonds is 6. The number of fused-ring (bicyclic) bond motifs is 1. The quantitative estimate of drug-likeness (QED) is 0.755. The highest BCUT2D eigenvalue weighted by molar-refractivity contribution is 5.85. The SMILES string of the molecule is Cl.OCCn1nc(COc2cccc(F)c2)nc1[C@H]1CC[C@H]2OCCN[C@@H]2C1. The van der Waals surface area contributed by atoms with E-state index in [-0.39, 0.29) is 43.5 Å². The van der Waals surface area contributed by atoms with Crippen LogP contribution in [0.1, 0.15) is 36.8 Å². The van der Waals surface area contributed by atoms with Gasteiger partial charge in [0.05, 0.1) is 25.9 Å². The van der Waals surface area contributed by atoms with Gasteiger partial charge in [-0.1, -0.05) is 6.07 Å². The molecule has 1 aliphatic heterocycles. The number of nitrogens with zero attached hydrogens (tertiary/aromatic N) is 3. The third-order valence-electron chi connectivity index (χ3n) is 5.21. The fourth-order valence-corrected chi connectivity index (χ4v) is 3.98. The molecule has 0 radical (unpaired) electrons. The molecule has 9 heteroatoms. The molecule has 2 N–H and O–H groups in total. The van der Waals surface area contributed by atoms with Crippen molar-refractivity contribution < 1.29 is 19.0 Å². The predicted molar refractivity (Wildman–Crippen MR) is 103 cm³/mol. The number of hydrogen-bond donors (Lipinski definition) is 2. The summed E-state index contributed by atoms with van der Waals surface area (Å²) in [7, 11) is 0. The van der Waals surface area contributed by atoms with E-state index in [1.807, 2.05) is 0 Å². The summed E-state index contributed by atoms with van der Waals surface area (Å²) in [6, 6.07) is 6.35. The van der Waals surface area contributed by atoms with Crippen molar-refractivity contribution in [2.45, 2.75) is 50.5 Å². The first-order valence-corrected chi connectivity index (χ1v) is 9.51. The molecule has 1 saturated heterocycles. The molecule has 4 rings (SSSR count). The van der Waals surface area contributed by atoms with Gasteiger partial charge in [-0.2, -0.15) is 5.10 Å². The highest BCUT2D eigenvalue weighted by atomic mass is 35.5. The largest absolute Gasteiger partial charge is 0.485 e. The molecule has 1 aliphatic carbocycles. The van der Waals surface area contributed by atoms with Crippen LogP contribution in [-0.2, 0) is 17.9 Å². The Hall–Kier alpha value is -1.74. The van der Waals surface area contributed by atoms with Gasteiger partial charge in [0.2, 0.25) is 0 Å². The van der Waals surface area contributed by atoms with Gasteiger partial charge in [0.1, 0.15) is 24.0 Å². The third kappa shape index (κ3) is 4.81. The van der Waals surface area contributed by atoms with E-state index in [2.05, 4.69) is 15.4 Å². The number of benzene rings is 1. The van der Waals surface area contributed by atoms with Crippen molar-refractivity contribution in [2.24, 2.45) is 0 Å². The second kappa shape index (κ2) is 9.65. The normalized spacial score (nSPS) is 24.3. The minimum absolute atomic E-state index is 0. The van der Waals surface area contributed by atoms with Gasteiger partial charge in [-0.25, -0.2) is 14.1 Å². The average molecular weight is 413 g/mol. The Morgan fingerprint density at radius 3 is 3.07 bits per heavy atom. The van der Waals surface area contributed by atoms with Gasteiger partial charge in [0, 0.05) is 24.6 Å². The summed E-state index contributed by atoms with van der Waals surface area (Å²) in [5.41, 5.74) is 0. The van der Waals surface area contributed by atoms with Crippen LogP contribution in [0.25, 0.3) is 0 Å². The standard InChI is InChI=1S/C19H25FN4O3.ClH/c20-14-2-1-3-15(11-14)27-12-18-22-19(24(23-18)7-8-25)13-4-5-17-16(10-13)21-6-9-26-17;/h1-3,11,13,16-17,21,25H,4-10,12H2;1H/t13-,16+,17+;/m0./s1. The first-order valence-electron chi connectivity index (χ1n) is 9.51. The van der Waals surface area contributed by atoms with Crippen molar-refractivity contribution in [3.8, 4) is 5.75 Å². The monoisotopic (exact) mass is 412 g/mol. The molecular formula is C19H26ClFN4O3. The van der Waals surface area contributed by atoms with Crippen LogP contribution in [0.3, 0.4) is 0 Å². The second-order valence-corrected chi connectivity index (χ2v) is 7.06. The van der Waals surface area contributed by atoms with Crippen LogP contribution in [0.2, 0.25) is 0 Å². The van der Waals surface area contributed by atoms with Gasteiger partial charge >= 0.3 is 0 Å². The average Bonchev–Trinajstić information content (AvgIpc) is 3.09. The molecule has 2 aliphatic rings. The van der Waals surface area contributed by atoms with E-state index in [1.54, 1.807) is 16.8 Å². The molecule has 1 aromatic carbocycles.